The molecule has 1 rings (SSSR count). The highest BCUT2D eigenvalue weighted by atomic mass is 16.3. The maximum atomic E-state index is 11.7. The molecule has 0 atom stereocenters. The number of aryl methyl sites for hydroxylation is 2. The van der Waals surface area contributed by atoms with Crippen molar-refractivity contribution in [1.29, 1.82) is 0 Å². The SMILES string of the molecule is CCc1cc(C(=O)CNC)c(C)cc1O. The summed E-state index contributed by atoms with van der Waals surface area (Å²) in [4.78, 5) is 11.7. The average molecular weight is 207 g/mol. The molecule has 0 heterocycles. The van der Waals surface area contributed by atoms with Crippen LogP contribution in [0.4, 0.5) is 0 Å². The second-order valence-electron chi connectivity index (χ2n) is 3.60. The Labute approximate surface area is 90.1 Å². The van der Waals surface area contributed by atoms with E-state index in [2.05, 4.69) is 5.32 Å². The molecule has 0 amide bonds. The van der Waals surface area contributed by atoms with Gasteiger partial charge in [-0.1, -0.05) is 6.92 Å². The third-order valence-electron chi connectivity index (χ3n) is 2.44. The van der Waals surface area contributed by atoms with Crippen LogP contribution in [-0.4, -0.2) is 24.5 Å². The van der Waals surface area contributed by atoms with E-state index in [1.807, 2.05) is 13.8 Å². The summed E-state index contributed by atoms with van der Waals surface area (Å²) in [5.74, 6) is 0.334. The Hall–Kier alpha value is -1.35. The van der Waals surface area contributed by atoms with Gasteiger partial charge in [0.1, 0.15) is 5.75 Å². The van der Waals surface area contributed by atoms with Crippen LogP contribution in [0.3, 0.4) is 0 Å². The quantitative estimate of drug-likeness (QED) is 0.738. The fraction of sp³-hybridized carbons (Fsp3) is 0.417. The zero-order valence-electron chi connectivity index (χ0n) is 9.42. The van der Waals surface area contributed by atoms with E-state index in [0.717, 1.165) is 17.5 Å². The monoisotopic (exact) mass is 207 g/mol. The Kier molecular flexibility index (Phi) is 3.86. The Morgan fingerprint density at radius 3 is 2.67 bits per heavy atom. The summed E-state index contributed by atoms with van der Waals surface area (Å²) in [6.07, 6.45) is 0.728. The van der Waals surface area contributed by atoms with Gasteiger partial charge in [-0.3, -0.25) is 4.79 Å². The van der Waals surface area contributed by atoms with E-state index in [9.17, 15) is 9.90 Å². The molecule has 1 aromatic rings. The number of carbonyl (C=O) groups excluding carboxylic acids is 1. The standard InChI is InChI=1S/C12H17NO2/c1-4-9-6-10(12(15)7-13-3)8(2)5-11(9)14/h5-6,13-14H,4,7H2,1-3H3. The number of hydrogen-bond acceptors (Lipinski definition) is 3. The van der Waals surface area contributed by atoms with E-state index in [0.29, 0.717) is 12.1 Å². The number of benzene rings is 1. The van der Waals surface area contributed by atoms with Crippen molar-refractivity contribution in [1.82, 2.24) is 5.32 Å². The minimum atomic E-state index is 0.0599. The predicted octanol–water partition coefficient (Wildman–Crippen LogP) is 1.67. The summed E-state index contributed by atoms with van der Waals surface area (Å²) in [5.41, 5.74) is 2.34. The van der Waals surface area contributed by atoms with E-state index in [4.69, 9.17) is 0 Å². The zero-order chi connectivity index (χ0) is 11.4. The highest BCUT2D eigenvalue weighted by Gasteiger charge is 2.11. The number of nitrogens with one attached hydrogen (secondary N) is 1. The number of phenolic OH excluding ortho intramolecular Hbond substituents is 1. The number of ketones is 1. The van der Waals surface area contributed by atoms with Gasteiger partial charge in [-0.15, -0.1) is 0 Å². The van der Waals surface area contributed by atoms with Gasteiger partial charge in [0.25, 0.3) is 0 Å². The number of aromatic hydroxyl groups is 1. The second kappa shape index (κ2) is 4.94. The zero-order valence-corrected chi connectivity index (χ0v) is 9.42. The molecule has 3 nitrogen and oxygen atoms in total. The van der Waals surface area contributed by atoms with Crippen LogP contribution in [0.5, 0.6) is 5.75 Å². The summed E-state index contributed by atoms with van der Waals surface area (Å²) in [6.45, 7) is 4.12. The van der Waals surface area contributed by atoms with E-state index >= 15 is 0 Å². The molecule has 15 heavy (non-hydrogen) atoms. The van der Waals surface area contributed by atoms with Crippen LogP contribution in [0.15, 0.2) is 12.1 Å². The van der Waals surface area contributed by atoms with Gasteiger partial charge in [0, 0.05) is 5.56 Å². The number of hydrogen-bond donors (Lipinski definition) is 2. The number of phenols is 1. The minimum absolute atomic E-state index is 0.0599. The van der Waals surface area contributed by atoms with Crippen molar-refractivity contribution >= 4 is 5.78 Å². The van der Waals surface area contributed by atoms with Gasteiger partial charge in [0.2, 0.25) is 0 Å². The lowest BCUT2D eigenvalue weighted by molar-refractivity contribution is 0.0993. The third-order valence-corrected chi connectivity index (χ3v) is 2.44. The van der Waals surface area contributed by atoms with Crippen molar-refractivity contribution in [2.75, 3.05) is 13.6 Å². The molecule has 0 aliphatic rings. The van der Waals surface area contributed by atoms with Crippen LogP contribution in [0, 0.1) is 6.92 Å². The van der Waals surface area contributed by atoms with E-state index in [1.54, 1.807) is 19.2 Å². The summed E-state index contributed by atoms with van der Waals surface area (Å²) in [6, 6.07) is 3.44. The molecule has 0 bridgehead atoms. The molecular formula is C12H17NO2. The molecule has 0 fully saturated rings. The average Bonchev–Trinajstić information content (AvgIpc) is 2.18. The highest BCUT2D eigenvalue weighted by Crippen LogP contribution is 2.22. The minimum Gasteiger partial charge on any atom is -0.508 e. The molecular weight excluding hydrogens is 190 g/mol. The Morgan fingerprint density at radius 1 is 1.47 bits per heavy atom. The van der Waals surface area contributed by atoms with Crippen molar-refractivity contribution in [3.8, 4) is 5.75 Å². The third kappa shape index (κ3) is 2.57. The van der Waals surface area contributed by atoms with Crippen molar-refractivity contribution in [2.45, 2.75) is 20.3 Å². The maximum Gasteiger partial charge on any atom is 0.176 e. The Balaban J connectivity index is 3.12. The summed E-state index contributed by atoms with van der Waals surface area (Å²) in [5, 5.41) is 12.4. The van der Waals surface area contributed by atoms with Crippen LogP contribution < -0.4 is 5.32 Å². The lowest BCUT2D eigenvalue weighted by atomic mass is 9.99. The first-order chi connectivity index (χ1) is 7.10. The molecule has 0 saturated carbocycles. The molecule has 0 saturated heterocycles. The van der Waals surface area contributed by atoms with Gasteiger partial charge in [0.05, 0.1) is 6.54 Å². The lowest BCUT2D eigenvalue weighted by Gasteiger charge is -2.09. The van der Waals surface area contributed by atoms with E-state index in [-0.39, 0.29) is 11.5 Å². The van der Waals surface area contributed by atoms with Crippen LogP contribution in [0.2, 0.25) is 0 Å². The number of carbonyl (C=O) groups is 1. The van der Waals surface area contributed by atoms with Crippen LogP contribution in [0.1, 0.15) is 28.4 Å². The molecule has 0 aromatic heterocycles. The molecule has 0 radical (unpaired) electrons. The fourth-order valence-corrected chi connectivity index (χ4v) is 1.58. The maximum absolute atomic E-state index is 11.7. The molecule has 0 unspecified atom stereocenters. The van der Waals surface area contributed by atoms with Crippen molar-refractivity contribution < 1.29 is 9.90 Å². The summed E-state index contributed by atoms with van der Waals surface area (Å²) in [7, 11) is 1.74. The molecule has 0 aliphatic carbocycles. The molecule has 1 aromatic carbocycles. The van der Waals surface area contributed by atoms with Gasteiger partial charge < -0.3 is 10.4 Å². The van der Waals surface area contributed by atoms with E-state index in [1.165, 1.54) is 0 Å². The van der Waals surface area contributed by atoms with Crippen LogP contribution >= 0.6 is 0 Å². The topological polar surface area (TPSA) is 49.3 Å². The smallest absolute Gasteiger partial charge is 0.176 e. The van der Waals surface area contributed by atoms with Gasteiger partial charge in [0.15, 0.2) is 5.78 Å². The summed E-state index contributed by atoms with van der Waals surface area (Å²) >= 11 is 0. The van der Waals surface area contributed by atoms with Crippen LogP contribution in [-0.2, 0) is 6.42 Å². The van der Waals surface area contributed by atoms with Crippen molar-refractivity contribution in [3.63, 3.8) is 0 Å². The van der Waals surface area contributed by atoms with E-state index < -0.39 is 0 Å². The van der Waals surface area contributed by atoms with Gasteiger partial charge >= 0.3 is 0 Å². The normalized spacial score (nSPS) is 10.3. The highest BCUT2D eigenvalue weighted by molar-refractivity contribution is 5.99. The largest absolute Gasteiger partial charge is 0.508 e. The first-order valence-electron chi connectivity index (χ1n) is 5.10. The second-order valence-corrected chi connectivity index (χ2v) is 3.60. The number of rotatable bonds is 4. The predicted molar refractivity (Wildman–Crippen MR) is 60.5 cm³/mol. The molecule has 82 valence electrons. The van der Waals surface area contributed by atoms with Crippen molar-refractivity contribution in [3.05, 3.63) is 28.8 Å². The lowest BCUT2D eigenvalue weighted by Crippen LogP contribution is -2.19. The number of Topliss-reactive ketones (excluding diaryl/α,β-unsaturated/α-hetero) is 1. The number of likely N-dealkylation sites (N-methyl/N-ethyl adjacent to an activating group) is 1. The summed E-state index contributed by atoms with van der Waals surface area (Å²) < 4.78 is 0. The first kappa shape index (κ1) is 11.7. The van der Waals surface area contributed by atoms with Gasteiger partial charge in [-0.05, 0) is 43.7 Å². The fourth-order valence-electron chi connectivity index (χ4n) is 1.58. The molecule has 3 heteroatoms. The Bertz CT molecular complexity index is 372. The van der Waals surface area contributed by atoms with Crippen molar-refractivity contribution in [2.24, 2.45) is 0 Å². The van der Waals surface area contributed by atoms with Crippen LogP contribution in [0.25, 0.3) is 0 Å². The Morgan fingerprint density at radius 2 is 2.13 bits per heavy atom. The molecule has 0 spiro atoms. The molecule has 2 N–H and O–H groups in total. The van der Waals surface area contributed by atoms with Gasteiger partial charge in [-0.2, -0.15) is 0 Å². The van der Waals surface area contributed by atoms with Gasteiger partial charge in [-0.25, -0.2) is 0 Å². The molecule has 0 aliphatic heterocycles. The first-order valence-corrected chi connectivity index (χ1v) is 5.10.